The minimum absolute atomic E-state index is 0.0308. The second-order valence-electron chi connectivity index (χ2n) is 8.69. The quantitative estimate of drug-likeness (QED) is 0.0896. The molecule has 0 atom stereocenters. The zero-order valence-electron chi connectivity index (χ0n) is 22.7. The zero-order chi connectivity index (χ0) is 30.7. The molecule has 2 aromatic rings. The Morgan fingerprint density at radius 1 is 0.976 bits per heavy atom. The first-order valence-corrected chi connectivity index (χ1v) is 11.8. The van der Waals surface area contributed by atoms with Gasteiger partial charge in [0.2, 0.25) is 5.91 Å². The number of nitrogens with two attached hydrogens (primary N) is 1. The van der Waals surface area contributed by atoms with Gasteiger partial charge < -0.3 is 35.7 Å². The van der Waals surface area contributed by atoms with Gasteiger partial charge in [0.25, 0.3) is 11.4 Å². The van der Waals surface area contributed by atoms with Gasteiger partial charge in [0.15, 0.2) is 17.1 Å². The lowest BCUT2D eigenvalue weighted by molar-refractivity contribution is -0.384. The highest BCUT2D eigenvalue weighted by atomic mass is 16.6. The number of hydrogen-bond donors (Lipinski definition) is 4. The Balaban J connectivity index is 2.23. The van der Waals surface area contributed by atoms with Gasteiger partial charge in [-0.2, -0.15) is 0 Å². The van der Waals surface area contributed by atoms with Crippen molar-refractivity contribution in [2.45, 2.75) is 19.4 Å². The molecule has 0 radical (unpaired) electrons. The second kappa shape index (κ2) is 14.1. The highest BCUT2D eigenvalue weighted by molar-refractivity contribution is 5.96. The molecule has 0 unspecified atom stereocenters. The number of ether oxygens (including phenoxy) is 3. The minimum atomic E-state index is -1.28. The molecule has 0 aliphatic heterocycles. The van der Waals surface area contributed by atoms with E-state index in [0.717, 1.165) is 19.2 Å². The van der Waals surface area contributed by atoms with Gasteiger partial charge in [-0.3, -0.25) is 25.0 Å². The van der Waals surface area contributed by atoms with Crippen LogP contribution in [-0.2, 0) is 4.74 Å². The first-order chi connectivity index (χ1) is 19.3. The van der Waals surface area contributed by atoms with Crippen molar-refractivity contribution in [3.63, 3.8) is 0 Å². The minimum Gasteiger partial charge on any atom is -0.494 e. The maximum absolute atomic E-state index is 11.8. The molecule has 0 bridgehead atoms. The largest absolute Gasteiger partial charge is 0.494 e. The normalized spacial score (nSPS) is 10.8. The summed E-state index contributed by atoms with van der Waals surface area (Å²) in [5.41, 5.74) is 2.93. The van der Waals surface area contributed by atoms with Gasteiger partial charge in [-0.15, -0.1) is 0 Å². The number of methoxy groups -OCH3 is 2. The predicted molar refractivity (Wildman–Crippen MR) is 148 cm³/mol. The molecule has 41 heavy (non-hydrogen) atoms. The smallest absolute Gasteiger partial charge is 0.338 e. The highest BCUT2D eigenvalue weighted by Gasteiger charge is 2.24. The molecule has 0 aliphatic rings. The van der Waals surface area contributed by atoms with Crippen molar-refractivity contribution in [1.82, 2.24) is 0 Å². The van der Waals surface area contributed by atoms with E-state index in [0.29, 0.717) is 0 Å². The molecule has 0 heterocycles. The summed E-state index contributed by atoms with van der Waals surface area (Å²) >= 11 is 0. The van der Waals surface area contributed by atoms with Gasteiger partial charge in [0.05, 0.1) is 29.6 Å². The second-order valence-corrected chi connectivity index (χ2v) is 8.69. The summed E-state index contributed by atoms with van der Waals surface area (Å²) in [6.45, 7) is 2.82. The van der Waals surface area contributed by atoms with Crippen LogP contribution in [0.25, 0.3) is 0 Å². The first-order valence-electron chi connectivity index (χ1n) is 11.8. The fraction of sp³-hybridized carbons (Fsp3) is 0.308. The van der Waals surface area contributed by atoms with Crippen molar-refractivity contribution in [1.29, 1.82) is 0 Å². The molecule has 0 saturated carbocycles. The average molecular weight is 572 g/mol. The number of carbonyl (C=O) groups is 2. The number of benzene rings is 2. The fourth-order valence-corrected chi connectivity index (χ4v) is 3.35. The summed E-state index contributed by atoms with van der Waals surface area (Å²) in [5, 5.41) is 38.7. The Labute approximate surface area is 234 Å². The number of nitro benzene ring substituents is 2. The Bertz CT molecular complexity index is 1420. The summed E-state index contributed by atoms with van der Waals surface area (Å²) in [6, 6.07) is 4.60. The van der Waals surface area contributed by atoms with Gasteiger partial charge in [0.1, 0.15) is 18.0 Å². The van der Waals surface area contributed by atoms with Crippen LogP contribution in [0.4, 0.5) is 22.7 Å². The lowest BCUT2D eigenvalue weighted by Crippen LogP contribution is -2.15. The van der Waals surface area contributed by atoms with Gasteiger partial charge in [-0.1, -0.05) is 24.0 Å². The van der Waals surface area contributed by atoms with Crippen molar-refractivity contribution in [3.8, 4) is 23.3 Å². The van der Waals surface area contributed by atoms with E-state index >= 15 is 0 Å². The third-order valence-electron chi connectivity index (χ3n) is 5.14. The Morgan fingerprint density at radius 3 is 1.95 bits per heavy atom. The van der Waals surface area contributed by atoms with E-state index in [1.165, 1.54) is 33.1 Å². The first kappa shape index (κ1) is 31.9. The van der Waals surface area contributed by atoms with Gasteiger partial charge in [0, 0.05) is 30.8 Å². The molecule has 0 fully saturated rings. The summed E-state index contributed by atoms with van der Waals surface area (Å²) in [4.78, 5) is 45.5. The zero-order valence-corrected chi connectivity index (χ0v) is 22.7. The third-order valence-corrected chi connectivity index (χ3v) is 5.14. The van der Waals surface area contributed by atoms with E-state index in [4.69, 9.17) is 15.2 Å². The van der Waals surface area contributed by atoms with Crippen LogP contribution < -0.4 is 25.8 Å². The van der Waals surface area contributed by atoms with Crippen LogP contribution >= 0.6 is 0 Å². The molecule has 15 nitrogen and oxygen atoms in total. The van der Waals surface area contributed by atoms with E-state index in [1.807, 2.05) is 0 Å². The monoisotopic (exact) mass is 571 g/mol. The molecule has 1 amide bonds. The maximum atomic E-state index is 11.8. The van der Waals surface area contributed by atoms with E-state index in [9.17, 15) is 34.9 Å². The lowest BCUT2D eigenvalue weighted by Gasteiger charge is -2.13. The third kappa shape index (κ3) is 9.11. The maximum Gasteiger partial charge on any atom is 0.338 e. The Kier molecular flexibility index (Phi) is 11.0. The summed E-state index contributed by atoms with van der Waals surface area (Å²) < 4.78 is 15.4. The molecule has 0 spiro atoms. The van der Waals surface area contributed by atoms with Crippen LogP contribution in [-0.4, -0.2) is 66.3 Å². The number of aliphatic hydroxyl groups is 1. The van der Waals surface area contributed by atoms with Crippen LogP contribution in [0.3, 0.4) is 0 Å². The molecule has 0 aromatic heterocycles. The summed E-state index contributed by atoms with van der Waals surface area (Å²) in [5.74, 6) is 3.45. The molecule has 218 valence electrons. The standard InChI is InChI=1S/C26H29N5O10/c1-26(2,34)8-7-11-41-21-14-16(24(27)32)12-18(30(35)36)23(21)29-10-6-5-9-28-22-19(31(37)38)13-17(25(33)40-4)15-20(22)39-3/h5-6,12-15,28-29,34H,9-11H2,1-4H3,(H2,27,32)/b6-5+. The van der Waals surface area contributed by atoms with Gasteiger partial charge in [-0.05, 0) is 26.0 Å². The summed E-state index contributed by atoms with van der Waals surface area (Å²) in [7, 11) is 2.44. The molecule has 15 heteroatoms. The summed E-state index contributed by atoms with van der Waals surface area (Å²) in [6.07, 6.45) is 3.17. The number of primary amides is 1. The van der Waals surface area contributed by atoms with Gasteiger partial charge >= 0.3 is 5.97 Å². The van der Waals surface area contributed by atoms with Crippen LogP contribution in [0.1, 0.15) is 34.6 Å². The van der Waals surface area contributed by atoms with Crippen LogP contribution in [0.5, 0.6) is 11.5 Å². The molecule has 2 aromatic carbocycles. The van der Waals surface area contributed by atoms with Crippen molar-refractivity contribution >= 4 is 34.6 Å². The Hall–Kier alpha value is -5.36. The number of nitrogens with one attached hydrogen (secondary N) is 2. The molecule has 2 rings (SSSR count). The number of hydrogen-bond acceptors (Lipinski definition) is 12. The van der Waals surface area contributed by atoms with Crippen molar-refractivity contribution < 1.29 is 38.8 Å². The van der Waals surface area contributed by atoms with E-state index in [2.05, 4.69) is 27.2 Å². The SMILES string of the molecule is COC(=O)c1cc(OC)c(NC/C=C/CNc2c(OCC#CC(C)(C)O)cc(C(N)=O)cc2[N+](=O)[O-])c([N+](=O)[O-])c1. The average Bonchev–Trinajstić information content (AvgIpc) is 2.91. The lowest BCUT2D eigenvalue weighted by atomic mass is 10.1. The molecular weight excluding hydrogens is 542 g/mol. The Morgan fingerprint density at radius 2 is 1.49 bits per heavy atom. The topological polar surface area (TPSA) is 218 Å². The fourth-order valence-electron chi connectivity index (χ4n) is 3.35. The number of nitrogens with zero attached hydrogens (tertiary/aromatic N) is 2. The van der Waals surface area contributed by atoms with Crippen molar-refractivity contribution in [3.05, 3.63) is 67.8 Å². The molecule has 0 saturated heterocycles. The van der Waals surface area contributed by atoms with Crippen LogP contribution in [0, 0.1) is 32.1 Å². The number of amides is 1. The van der Waals surface area contributed by atoms with E-state index < -0.39 is 38.7 Å². The highest BCUT2D eigenvalue weighted by Crippen LogP contribution is 2.37. The van der Waals surface area contributed by atoms with Crippen molar-refractivity contribution in [2.24, 2.45) is 5.73 Å². The molecular formula is C26H29N5O10. The molecule has 0 aliphatic carbocycles. The number of nitro groups is 2. The molecule has 5 N–H and O–H groups in total. The van der Waals surface area contributed by atoms with Crippen LogP contribution in [0.2, 0.25) is 0 Å². The van der Waals surface area contributed by atoms with E-state index in [1.54, 1.807) is 12.2 Å². The van der Waals surface area contributed by atoms with E-state index in [-0.39, 0.29) is 53.7 Å². The number of esters is 1. The predicted octanol–water partition coefficient (Wildman–Crippen LogP) is 2.63. The number of anilines is 2. The van der Waals surface area contributed by atoms with Gasteiger partial charge in [-0.25, -0.2) is 4.79 Å². The van der Waals surface area contributed by atoms with Crippen LogP contribution in [0.15, 0.2) is 36.4 Å². The number of rotatable bonds is 13. The van der Waals surface area contributed by atoms with Crippen molar-refractivity contribution in [2.75, 3.05) is 44.5 Å². The number of carbonyl (C=O) groups excluding carboxylic acids is 2.